The van der Waals surface area contributed by atoms with Crippen LogP contribution in [0.3, 0.4) is 0 Å². The van der Waals surface area contributed by atoms with Gasteiger partial charge in [0.2, 0.25) is 0 Å². The minimum absolute atomic E-state index is 0.380. The van der Waals surface area contributed by atoms with Crippen LogP contribution in [0.5, 0.6) is 5.75 Å². The van der Waals surface area contributed by atoms with Crippen molar-refractivity contribution in [3.05, 3.63) is 29.8 Å². The topological polar surface area (TPSA) is 32.3 Å². The van der Waals surface area contributed by atoms with Crippen molar-refractivity contribution in [1.29, 1.82) is 0 Å². The van der Waals surface area contributed by atoms with Gasteiger partial charge in [0, 0.05) is 12.1 Å². The van der Waals surface area contributed by atoms with Crippen LogP contribution in [0.25, 0.3) is 0 Å². The summed E-state index contributed by atoms with van der Waals surface area (Å²) in [5, 5.41) is 12.9. The Morgan fingerprint density at radius 1 is 1.19 bits per heavy atom. The molecule has 0 heterocycles. The van der Waals surface area contributed by atoms with Gasteiger partial charge in [0.15, 0.2) is 0 Å². The molecule has 0 aliphatic rings. The van der Waals surface area contributed by atoms with Gasteiger partial charge in [-0.05, 0) is 30.9 Å². The number of nitrogens with one attached hydrogen (secondary N) is 1. The van der Waals surface area contributed by atoms with E-state index in [2.05, 4.69) is 26.1 Å². The van der Waals surface area contributed by atoms with Gasteiger partial charge in [0.1, 0.15) is 5.75 Å². The zero-order chi connectivity index (χ0) is 12.0. The van der Waals surface area contributed by atoms with Crippen LogP contribution in [-0.2, 0) is 6.54 Å². The highest BCUT2D eigenvalue weighted by Crippen LogP contribution is 2.20. The Morgan fingerprint density at radius 2 is 1.88 bits per heavy atom. The monoisotopic (exact) mass is 221 g/mol. The maximum atomic E-state index is 9.56. The standard InChI is InChI=1S/C14H23NO/c1-14(2,3)9-6-10-15-11-12-7-4-5-8-13(12)16/h4-5,7-8,15-16H,6,9-11H2,1-3H3. The second-order valence-electron chi connectivity index (χ2n) is 5.47. The molecule has 0 fully saturated rings. The molecule has 0 aromatic heterocycles. The lowest BCUT2D eigenvalue weighted by Gasteiger charge is -2.17. The summed E-state index contributed by atoms with van der Waals surface area (Å²) < 4.78 is 0. The number of benzene rings is 1. The first kappa shape index (κ1) is 13.0. The number of para-hydroxylation sites is 1. The summed E-state index contributed by atoms with van der Waals surface area (Å²) in [6.45, 7) is 8.53. The van der Waals surface area contributed by atoms with Crippen molar-refractivity contribution in [2.24, 2.45) is 5.41 Å². The third kappa shape index (κ3) is 5.17. The normalized spacial score (nSPS) is 11.7. The van der Waals surface area contributed by atoms with Gasteiger partial charge in [-0.25, -0.2) is 0 Å². The fourth-order valence-electron chi connectivity index (χ4n) is 1.63. The quantitative estimate of drug-likeness (QED) is 0.748. The first-order valence-electron chi connectivity index (χ1n) is 5.97. The molecule has 2 nitrogen and oxygen atoms in total. The molecule has 2 N–H and O–H groups in total. The summed E-state index contributed by atoms with van der Waals surface area (Å²) in [4.78, 5) is 0. The van der Waals surface area contributed by atoms with Crippen LogP contribution < -0.4 is 5.32 Å². The highest BCUT2D eigenvalue weighted by molar-refractivity contribution is 5.31. The lowest BCUT2D eigenvalue weighted by atomic mass is 9.91. The smallest absolute Gasteiger partial charge is 0.120 e. The van der Waals surface area contributed by atoms with E-state index < -0.39 is 0 Å². The molecule has 0 atom stereocenters. The average Bonchev–Trinajstić information content (AvgIpc) is 2.18. The van der Waals surface area contributed by atoms with Crippen molar-refractivity contribution in [3.8, 4) is 5.75 Å². The molecule has 0 bridgehead atoms. The third-order valence-electron chi connectivity index (χ3n) is 2.59. The first-order valence-corrected chi connectivity index (χ1v) is 5.97. The maximum absolute atomic E-state index is 9.56. The molecule has 90 valence electrons. The van der Waals surface area contributed by atoms with E-state index in [0.29, 0.717) is 11.2 Å². The highest BCUT2D eigenvalue weighted by Gasteiger charge is 2.08. The Kier molecular flexibility index (Phi) is 4.81. The summed E-state index contributed by atoms with van der Waals surface area (Å²) in [7, 11) is 0. The Morgan fingerprint density at radius 3 is 2.50 bits per heavy atom. The van der Waals surface area contributed by atoms with Gasteiger partial charge < -0.3 is 10.4 Å². The van der Waals surface area contributed by atoms with Gasteiger partial charge in [0.25, 0.3) is 0 Å². The Hall–Kier alpha value is -1.02. The van der Waals surface area contributed by atoms with Gasteiger partial charge in [-0.15, -0.1) is 0 Å². The van der Waals surface area contributed by atoms with E-state index in [9.17, 15) is 5.11 Å². The lowest BCUT2D eigenvalue weighted by molar-refractivity contribution is 0.360. The molecule has 16 heavy (non-hydrogen) atoms. The van der Waals surface area contributed by atoms with Crippen molar-refractivity contribution < 1.29 is 5.11 Å². The third-order valence-corrected chi connectivity index (χ3v) is 2.59. The van der Waals surface area contributed by atoms with Crippen molar-refractivity contribution >= 4 is 0 Å². The van der Waals surface area contributed by atoms with E-state index in [0.717, 1.165) is 18.7 Å². The molecular weight excluding hydrogens is 198 g/mol. The molecule has 0 radical (unpaired) electrons. The molecule has 1 rings (SSSR count). The summed E-state index contributed by atoms with van der Waals surface area (Å²) in [5.41, 5.74) is 1.38. The highest BCUT2D eigenvalue weighted by atomic mass is 16.3. The Bertz CT molecular complexity index is 315. The zero-order valence-electron chi connectivity index (χ0n) is 10.6. The van der Waals surface area contributed by atoms with Crippen molar-refractivity contribution in [1.82, 2.24) is 5.32 Å². The second kappa shape index (κ2) is 5.90. The molecule has 1 aromatic carbocycles. The fourth-order valence-corrected chi connectivity index (χ4v) is 1.63. The van der Waals surface area contributed by atoms with Gasteiger partial charge in [-0.2, -0.15) is 0 Å². The number of hydrogen-bond acceptors (Lipinski definition) is 2. The predicted octanol–water partition coefficient (Wildman–Crippen LogP) is 3.31. The molecule has 1 aromatic rings. The first-order chi connectivity index (χ1) is 7.49. The van der Waals surface area contributed by atoms with Gasteiger partial charge in [-0.3, -0.25) is 0 Å². The number of phenols is 1. The van der Waals surface area contributed by atoms with E-state index in [1.165, 1.54) is 12.8 Å². The van der Waals surface area contributed by atoms with Gasteiger partial charge in [0.05, 0.1) is 0 Å². The van der Waals surface area contributed by atoms with E-state index in [1.54, 1.807) is 6.07 Å². The number of aromatic hydroxyl groups is 1. The van der Waals surface area contributed by atoms with Crippen molar-refractivity contribution in [2.45, 2.75) is 40.2 Å². The fraction of sp³-hybridized carbons (Fsp3) is 0.571. The van der Waals surface area contributed by atoms with Crippen LogP contribution in [0.1, 0.15) is 39.2 Å². The molecule has 2 heteroatoms. The molecule has 0 spiro atoms. The average molecular weight is 221 g/mol. The number of rotatable bonds is 5. The van der Waals surface area contributed by atoms with Crippen molar-refractivity contribution in [2.75, 3.05) is 6.54 Å². The largest absolute Gasteiger partial charge is 0.508 e. The van der Waals surface area contributed by atoms with Gasteiger partial charge >= 0.3 is 0 Å². The van der Waals surface area contributed by atoms with Gasteiger partial charge in [-0.1, -0.05) is 39.0 Å². The van der Waals surface area contributed by atoms with E-state index in [1.807, 2.05) is 18.2 Å². The van der Waals surface area contributed by atoms with E-state index >= 15 is 0 Å². The molecular formula is C14H23NO. The second-order valence-corrected chi connectivity index (χ2v) is 5.47. The summed E-state index contributed by atoms with van der Waals surface area (Å²) >= 11 is 0. The van der Waals surface area contributed by atoms with E-state index in [-0.39, 0.29) is 0 Å². The van der Waals surface area contributed by atoms with Crippen LogP contribution >= 0.6 is 0 Å². The molecule has 0 aliphatic heterocycles. The SMILES string of the molecule is CC(C)(C)CCCNCc1ccccc1O. The molecule has 0 saturated heterocycles. The lowest BCUT2D eigenvalue weighted by Crippen LogP contribution is -2.17. The number of phenolic OH excluding ortho intramolecular Hbond substituents is 1. The molecule has 0 amide bonds. The zero-order valence-corrected chi connectivity index (χ0v) is 10.6. The molecule has 0 aliphatic carbocycles. The van der Waals surface area contributed by atoms with Crippen LogP contribution in [-0.4, -0.2) is 11.7 Å². The van der Waals surface area contributed by atoms with Crippen molar-refractivity contribution in [3.63, 3.8) is 0 Å². The minimum Gasteiger partial charge on any atom is -0.508 e. The minimum atomic E-state index is 0.380. The Labute approximate surface area is 98.7 Å². The molecule has 0 saturated carbocycles. The van der Waals surface area contributed by atoms with Crippen LogP contribution in [0.2, 0.25) is 0 Å². The van der Waals surface area contributed by atoms with Crippen LogP contribution in [0, 0.1) is 5.41 Å². The maximum Gasteiger partial charge on any atom is 0.120 e. The molecule has 0 unspecified atom stereocenters. The summed E-state index contributed by atoms with van der Waals surface area (Å²) in [6, 6.07) is 7.47. The number of hydrogen-bond donors (Lipinski definition) is 2. The van der Waals surface area contributed by atoms with Crippen LogP contribution in [0.4, 0.5) is 0 Å². The van der Waals surface area contributed by atoms with Crippen LogP contribution in [0.15, 0.2) is 24.3 Å². The summed E-state index contributed by atoms with van der Waals surface area (Å²) in [5.74, 6) is 0.380. The van der Waals surface area contributed by atoms with E-state index in [4.69, 9.17) is 0 Å². The Balaban J connectivity index is 2.19. The predicted molar refractivity (Wildman–Crippen MR) is 68.5 cm³/mol. The summed E-state index contributed by atoms with van der Waals surface area (Å²) in [6.07, 6.45) is 2.40.